The van der Waals surface area contributed by atoms with Gasteiger partial charge in [0, 0.05) is 24.0 Å². The van der Waals surface area contributed by atoms with E-state index < -0.39 is 17.7 Å². The number of H-pyrrole nitrogens is 1. The summed E-state index contributed by atoms with van der Waals surface area (Å²) in [4.78, 5) is 18.4. The minimum atomic E-state index is -4.88. The average molecular weight is 378 g/mol. The van der Waals surface area contributed by atoms with E-state index in [9.17, 15) is 18.0 Å². The smallest absolute Gasteiger partial charge is 0.405 e. The second kappa shape index (κ2) is 7.49. The van der Waals surface area contributed by atoms with Crippen molar-refractivity contribution in [2.24, 2.45) is 0 Å². The van der Waals surface area contributed by atoms with Gasteiger partial charge in [0.25, 0.3) is 5.56 Å². The lowest BCUT2D eigenvalue weighted by molar-refractivity contribution is -0.274. The highest BCUT2D eigenvalue weighted by Gasteiger charge is 2.32. The van der Waals surface area contributed by atoms with Crippen LogP contribution in [0.1, 0.15) is 36.6 Å². The van der Waals surface area contributed by atoms with E-state index in [1.54, 1.807) is 6.07 Å². The Labute approximate surface area is 150 Å². The molecule has 0 fully saturated rings. The summed E-state index contributed by atoms with van der Waals surface area (Å²) >= 11 is 0. The van der Waals surface area contributed by atoms with Crippen LogP contribution in [-0.4, -0.2) is 26.6 Å². The van der Waals surface area contributed by atoms with Gasteiger partial charge >= 0.3 is 6.36 Å². The van der Waals surface area contributed by atoms with Crippen molar-refractivity contribution in [3.63, 3.8) is 0 Å². The fourth-order valence-corrected chi connectivity index (χ4v) is 2.28. The number of unbranched alkanes of at least 4 members (excludes halogenated alkanes) is 1. The molecule has 3 aromatic rings. The first-order chi connectivity index (χ1) is 12.9. The van der Waals surface area contributed by atoms with E-state index in [2.05, 4.69) is 41.5 Å². The summed E-state index contributed by atoms with van der Waals surface area (Å²) in [7, 11) is 0. The van der Waals surface area contributed by atoms with Gasteiger partial charge < -0.3 is 4.74 Å². The maximum Gasteiger partial charge on any atom is 0.573 e. The Balaban J connectivity index is 1.98. The first-order valence-electron chi connectivity index (χ1n) is 7.94. The monoisotopic (exact) mass is 378 g/mol. The van der Waals surface area contributed by atoms with Crippen molar-refractivity contribution in [2.45, 2.75) is 32.5 Å². The van der Waals surface area contributed by atoms with Crippen LogP contribution in [0.2, 0.25) is 0 Å². The van der Waals surface area contributed by atoms with E-state index in [-0.39, 0.29) is 29.0 Å². The normalized spacial score (nSPS) is 11.3. The summed E-state index contributed by atoms with van der Waals surface area (Å²) in [6.07, 6.45) is -3.62. The maximum absolute atomic E-state index is 12.8. The molecule has 0 amide bonds. The number of aromatic amines is 1. The highest BCUT2D eigenvalue weighted by Crippen LogP contribution is 2.28. The Morgan fingerprint density at radius 1 is 1.30 bits per heavy atom. The Bertz CT molecular complexity index is 1080. The predicted molar refractivity (Wildman–Crippen MR) is 87.9 cm³/mol. The minimum Gasteiger partial charge on any atom is -0.405 e. The zero-order chi connectivity index (χ0) is 19.4. The molecule has 10 heteroatoms. The van der Waals surface area contributed by atoms with Gasteiger partial charge in [0.15, 0.2) is 0 Å². The zero-order valence-corrected chi connectivity index (χ0v) is 14.1. The number of rotatable bonds is 4. The summed E-state index contributed by atoms with van der Waals surface area (Å²) in [5.74, 6) is 5.20. The van der Waals surface area contributed by atoms with Gasteiger partial charge in [-0.15, -0.1) is 13.2 Å². The van der Waals surface area contributed by atoms with E-state index in [4.69, 9.17) is 0 Å². The van der Waals surface area contributed by atoms with Gasteiger partial charge in [0.1, 0.15) is 11.4 Å². The Kier molecular flexibility index (Phi) is 5.12. The molecule has 140 valence electrons. The number of halogens is 3. The molecule has 0 unspecified atom stereocenters. The lowest BCUT2D eigenvalue weighted by Gasteiger charge is -2.13. The van der Waals surface area contributed by atoms with Crippen molar-refractivity contribution < 1.29 is 22.5 Å². The number of fused-ring (bicyclic) bond motifs is 1. The van der Waals surface area contributed by atoms with E-state index in [1.807, 2.05) is 6.92 Å². The van der Waals surface area contributed by atoms with Crippen LogP contribution in [0.3, 0.4) is 0 Å². The van der Waals surface area contributed by atoms with Gasteiger partial charge in [-0.2, -0.15) is 0 Å². The minimum absolute atomic E-state index is 0.0462. The van der Waals surface area contributed by atoms with Crippen molar-refractivity contribution in [2.75, 3.05) is 0 Å². The molecule has 1 N–H and O–H groups in total. The van der Waals surface area contributed by atoms with E-state index in [0.29, 0.717) is 12.0 Å². The number of nitrogens with zero attached hydrogens (tertiary/aromatic N) is 3. The van der Waals surface area contributed by atoms with Gasteiger partial charge in [0.2, 0.25) is 11.3 Å². The van der Waals surface area contributed by atoms with E-state index >= 15 is 0 Å². The van der Waals surface area contributed by atoms with Gasteiger partial charge in [-0.05, 0) is 28.9 Å². The maximum atomic E-state index is 12.8. The highest BCUT2D eigenvalue weighted by atomic mass is 19.4. The molecule has 7 nitrogen and oxygen atoms in total. The number of hydrogen-bond donors (Lipinski definition) is 1. The van der Waals surface area contributed by atoms with Gasteiger partial charge in [-0.3, -0.25) is 9.78 Å². The molecule has 0 aliphatic carbocycles. The molecular weight excluding hydrogens is 365 g/mol. The van der Waals surface area contributed by atoms with Crippen LogP contribution in [0.25, 0.3) is 11.3 Å². The molecule has 0 aliphatic heterocycles. The van der Waals surface area contributed by atoms with Crippen LogP contribution >= 0.6 is 0 Å². The summed E-state index contributed by atoms with van der Waals surface area (Å²) < 4.78 is 46.9. The number of hydrogen-bond acceptors (Lipinski definition) is 6. The standard InChI is InChI=1S/C17H13F3N4O3/c1-2-3-4-5-10-6-7-11(13(8-10)26-17(18,19)20)9-12-16(25)22-15-14(21-12)23-27-24-15/h6-8H,2-3,9H2,1H3,(H,22,24,25). The highest BCUT2D eigenvalue weighted by molar-refractivity contribution is 5.62. The molecule has 0 saturated carbocycles. The topological polar surface area (TPSA) is 93.9 Å². The summed E-state index contributed by atoms with van der Waals surface area (Å²) in [5, 5.41) is 6.95. The zero-order valence-electron chi connectivity index (χ0n) is 14.1. The van der Waals surface area contributed by atoms with Crippen LogP contribution in [0.15, 0.2) is 27.6 Å². The molecule has 2 heterocycles. The van der Waals surface area contributed by atoms with Crippen molar-refractivity contribution in [1.82, 2.24) is 20.3 Å². The fraction of sp³-hybridized carbons (Fsp3) is 0.294. The number of aromatic nitrogens is 4. The predicted octanol–water partition coefficient (Wildman–Crippen LogP) is 2.95. The van der Waals surface area contributed by atoms with Crippen molar-refractivity contribution in [1.29, 1.82) is 0 Å². The third-order valence-corrected chi connectivity index (χ3v) is 3.46. The largest absolute Gasteiger partial charge is 0.573 e. The molecule has 0 saturated heterocycles. The second-order valence-electron chi connectivity index (χ2n) is 5.55. The molecule has 0 spiro atoms. The van der Waals surface area contributed by atoms with Crippen LogP contribution in [0, 0.1) is 11.8 Å². The second-order valence-corrected chi connectivity index (χ2v) is 5.55. The SMILES string of the molecule is CCCC#Cc1ccc(Cc2nc3nonc3[nH]c2=O)c(OC(F)(F)F)c1. The van der Waals surface area contributed by atoms with Gasteiger partial charge in [-0.25, -0.2) is 9.61 Å². The molecule has 0 bridgehead atoms. The molecule has 3 rings (SSSR count). The molecule has 27 heavy (non-hydrogen) atoms. The molecule has 0 aliphatic rings. The van der Waals surface area contributed by atoms with Crippen LogP contribution in [0.5, 0.6) is 5.75 Å². The number of alkyl halides is 3. The third kappa shape index (κ3) is 4.63. The fourth-order valence-electron chi connectivity index (χ4n) is 2.28. The molecular formula is C17H13F3N4O3. The lowest BCUT2D eigenvalue weighted by Crippen LogP contribution is -2.20. The first kappa shape index (κ1) is 18.4. The van der Waals surface area contributed by atoms with E-state index in [1.165, 1.54) is 12.1 Å². The summed E-state index contributed by atoms with van der Waals surface area (Å²) in [6, 6.07) is 4.17. The molecule has 1 aromatic carbocycles. The van der Waals surface area contributed by atoms with Crippen LogP contribution < -0.4 is 10.3 Å². The summed E-state index contributed by atoms with van der Waals surface area (Å²) in [5.41, 5.74) is -0.0494. The molecule has 0 atom stereocenters. The Hall–Kier alpha value is -3.35. The van der Waals surface area contributed by atoms with Crippen molar-refractivity contribution in [3.05, 3.63) is 45.4 Å². The van der Waals surface area contributed by atoms with Crippen LogP contribution in [0.4, 0.5) is 13.2 Å². The van der Waals surface area contributed by atoms with E-state index in [0.717, 1.165) is 6.42 Å². The Morgan fingerprint density at radius 3 is 2.85 bits per heavy atom. The summed E-state index contributed by atoms with van der Waals surface area (Å²) in [6.45, 7) is 1.95. The lowest BCUT2D eigenvalue weighted by atomic mass is 10.1. The average Bonchev–Trinajstić information content (AvgIpc) is 3.03. The van der Waals surface area contributed by atoms with Crippen LogP contribution in [-0.2, 0) is 6.42 Å². The number of ether oxygens (including phenoxy) is 1. The molecule has 0 radical (unpaired) electrons. The molecule has 2 aromatic heterocycles. The van der Waals surface area contributed by atoms with Crippen molar-refractivity contribution in [3.8, 4) is 17.6 Å². The number of benzene rings is 1. The quantitative estimate of drug-likeness (QED) is 0.702. The van der Waals surface area contributed by atoms with Crippen molar-refractivity contribution >= 4 is 11.3 Å². The third-order valence-electron chi connectivity index (χ3n) is 3.46. The van der Waals surface area contributed by atoms with Gasteiger partial charge in [-0.1, -0.05) is 24.8 Å². The Morgan fingerprint density at radius 2 is 2.11 bits per heavy atom. The van der Waals surface area contributed by atoms with Gasteiger partial charge in [0.05, 0.1) is 0 Å². The number of nitrogens with one attached hydrogen (secondary N) is 1. The first-order valence-corrected chi connectivity index (χ1v) is 7.94.